The van der Waals surface area contributed by atoms with Gasteiger partial charge in [-0.3, -0.25) is 9.69 Å². The van der Waals surface area contributed by atoms with Crippen molar-refractivity contribution in [2.24, 2.45) is 5.92 Å². The number of nitrogens with zero attached hydrogens (tertiary/aromatic N) is 2. The van der Waals surface area contributed by atoms with Crippen molar-refractivity contribution >= 4 is 11.6 Å². The van der Waals surface area contributed by atoms with Crippen LogP contribution in [0.4, 0.5) is 10.1 Å². The van der Waals surface area contributed by atoms with E-state index in [1.165, 1.54) is 23.3 Å². The fourth-order valence-electron chi connectivity index (χ4n) is 3.90. The highest BCUT2D eigenvalue weighted by atomic mass is 19.1. The summed E-state index contributed by atoms with van der Waals surface area (Å²) < 4.78 is 13.4. The molecule has 0 radical (unpaired) electrons. The molecule has 1 aliphatic heterocycles. The van der Waals surface area contributed by atoms with Gasteiger partial charge in [-0.25, -0.2) is 4.39 Å². The van der Waals surface area contributed by atoms with Gasteiger partial charge in [0.15, 0.2) is 0 Å². The molecular formula is C24H31FN2O. The van der Waals surface area contributed by atoms with Crippen LogP contribution in [0.3, 0.4) is 0 Å². The minimum absolute atomic E-state index is 0.138. The number of aryl methyl sites for hydroxylation is 1. The standard InChI is InChI=1S/C24H31FN2O/c1-18(2)16-24(28)27(22-10-8-21(25)9-11-22)23-12-14-26(15-13-23)17-20-6-4-19(3)5-7-20/h4-11,18,23H,12-17H2,1-3H3. The van der Waals surface area contributed by atoms with E-state index >= 15 is 0 Å². The third-order valence-corrected chi connectivity index (χ3v) is 5.41. The Morgan fingerprint density at radius 1 is 1.07 bits per heavy atom. The highest BCUT2D eigenvalue weighted by molar-refractivity contribution is 5.94. The van der Waals surface area contributed by atoms with Gasteiger partial charge in [0.25, 0.3) is 0 Å². The normalized spacial score (nSPS) is 15.8. The first-order valence-corrected chi connectivity index (χ1v) is 10.3. The van der Waals surface area contributed by atoms with Crippen molar-refractivity contribution in [3.63, 3.8) is 0 Å². The molecule has 0 aromatic heterocycles. The second-order valence-electron chi connectivity index (χ2n) is 8.33. The molecule has 2 aromatic rings. The topological polar surface area (TPSA) is 23.6 Å². The molecule has 0 saturated carbocycles. The van der Waals surface area contributed by atoms with Gasteiger partial charge in [-0.15, -0.1) is 0 Å². The van der Waals surface area contributed by atoms with E-state index in [2.05, 4.69) is 49.9 Å². The first-order valence-electron chi connectivity index (χ1n) is 10.3. The van der Waals surface area contributed by atoms with Gasteiger partial charge in [-0.1, -0.05) is 43.7 Å². The number of likely N-dealkylation sites (tertiary alicyclic amines) is 1. The van der Waals surface area contributed by atoms with Gasteiger partial charge in [0.05, 0.1) is 0 Å². The van der Waals surface area contributed by atoms with Crippen molar-refractivity contribution < 1.29 is 9.18 Å². The zero-order valence-corrected chi connectivity index (χ0v) is 17.2. The van der Waals surface area contributed by atoms with E-state index in [0.717, 1.165) is 38.2 Å². The Morgan fingerprint density at radius 3 is 2.25 bits per heavy atom. The fraction of sp³-hybridized carbons (Fsp3) is 0.458. The Balaban J connectivity index is 1.67. The highest BCUT2D eigenvalue weighted by Crippen LogP contribution is 2.26. The van der Waals surface area contributed by atoms with Crippen LogP contribution in [0.15, 0.2) is 48.5 Å². The molecule has 150 valence electrons. The maximum absolute atomic E-state index is 13.4. The monoisotopic (exact) mass is 382 g/mol. The van der Waals surface area contributed by atoms with Crippen LogP contribution in [0.1, 0.15) is 44.2 Å². The van der Waals surface area contributed by atoms with Crippen LogP contribution in [-0.4, -0.2) is 29.9 Å². The van der Waals surface area contributed by atoms with Crippen molar-refractivity contribution in [2.75, 3.05) is 18.0 Å². The summed E-state index contributed by atoms with van der Waals surface area (Å²) >= 11 is 0. The zero-order valence-electron chi connectivity index (χ0n) is 17.2. The lowest BCUT2D eigenvalue weighted by Gasteiger charge is -2.39. The molecule has 0 atom stereocenters. The maximum atomic E-state index is 13.4. The van der Waals surface area contributed by atoms with Crippen molar-refractivity contribution in [2.45, 2.75) is 52.6 Å². The molecule has 0 unspecified atom stereocenters. The summed E-state index contributed by atoms with van der Waals surface area (Å²) in [5, 5.41) is 0. The van der Waals surface area contributed by atoms with E-state index in [9.17, 15) is 9.18 Å². The molecular weight excluding hydrogens is 351 g/mol. The number of rotatable bonds is 6. The van der Waals surface area contributed by atoms with Gasteiger partial charge < -0.3 is 4.90 Å². The Labute approximate surface area is 168 Å². The van der Waals surface area contributed by atoms with Gasteiger partial charge >= 0.3 is 0 Å². The van der Waals surface area contributed by atoms with Crippen LogP contribution in [0.2, 0.25) is 0 Å². The van der Waals surface area contributed by atoms with Crippen molar-refractivity contribution in [3.8, 4) is 0 Å². The van der Waals surface area contributed by atoms with E-state index in [1.54, 1.807) is 12.1 Å². The van der Waals surface area contributed by atoms with Gasteiger partial charge in [-0.2, -0.15) is 0 Å². The van der Waals surface area contributed by atoms with Crippen LogP contribution in [0.5, 0.6) is 0 Å². The SMILES string of the molecule is Cc1ccc(CN2CCC(N(C(=O)CC(C)C)c3ccc(F)cc3)CC2)cc1. The highest BCUT2D eigenvalue weighted by Gasteiger charge is 2.29. The quantitative estimate of drug-likeness (QED) is 0.687. The smallest absolute Gasteiger partial charge is 0.227 e. The van der Waals surface area contributed by atoms with Gasteiger partial charge in [0.1, 0.15) is 5.82 Å². The van der Waals surface area contributed by atoms with E-state index < -0.39 is 0 Å². The summed E-state index contributed by atoms with van der Waals surface area (Å²) in [6, 6.07) is 15.2. The third kappa shape index (κ3) is 5.41. The van der Waals surface area contributed by atoms with Gasteiger partial charge in [-0.05, 0) is 55.5 Å². The number of carbonyl (C=O) groups is 1. The summed E-state index contributed by atoms with van der Waals surface area (Å²) in [7, 11) is 0. The minimum atomic E-state index is -0.270. The number of hydrogen-bond donors (Lipinski definition) is 0. The van der Waals surface area contributed by atoms with Crippen LogP contribution >= 0.6 is 0 Å². The molecule has 4 heteroatoms. The number of piperidine rings is 1. The predicted octanol–water partition coefficient (Wildman–Crippen LogP) is 5.18. The average Bonchev–Trinajstić information content (AvgIpc) is 2.66. The second-order valence-corrected chi connectivity index (χ2v) is 8.33. The molecule has 3 rings (SSSR count). The number of anilines is 1. The molecule has 1 amide bonds. The molecule has 3 nitrogen and oxygen atoms in total. The van der Waals surface area contributed by atoms with E-state index in [4.69, 9.17) is 0 Å². The van der Waals surface area contributed by atoms with Crippen molar-refractivity contribution in [3.05, 3.63) is 65.5 Å². The summed E-state index contributed by atoms with van der Waals surface area (Å²) in [6.45, 7) is 9.10. The molecule has 28 heavy (non-hydrogen) atoms. The fourth-order valence-corrected chi connectivity index (χ4v) is 3.90. The van der Waals surface area contributed by atoms with E-state index in [1.807, 2.05) is 4.90 Å². The number of benzene rings is 2. The third-order valence-electron chi connectivity index (χ3n) is 5.41. The van der Waals surface area contributed by atoms with Crippen LogP contribution < -0.4 is 4.90 Å². The van der Waals surface area contributed by atoms with Crippen LogP contribution in [0.25, 0.3) is 0 Å². The second kappa shape index (κ2) is 9.33. The number of hydrogen-bond acceptors (Lipinski definition) is 2. The van der Waals surface area contributed by atoms with E-state index in [0.29, 0.717) is 12.3 Å². The molecule has 1 aliphatic rings. The molecule has 0 N–H and O–H groups in total. The van der Waals surface area contributed by atoms with Gasteiger partial charge in [0, 0.05) is 37.8 Å². The largest absolute Gasteiger partial charge is 0.309 e. The Bertz CT molecular complexity index is 762. The lowest BCUT2D eigenvalue weighted by molar-refractivity contribution is -0.120. The first-order chi connectivity index (χ1) is 13.4. The van der Waals surface area contributed by atoms with E-state index in [-0.39, 0.29) is 17.8 Å². The summed E-state index contributed by atoms with van der Waals surface area (Å²) in [5.74, 6) is 0.170. The minimum Gasteiger partial charge on any atom is -0.309 e. The van der Waals surface area contributed by atoms with Crippen LogP contribution in [0, 0.1) is 18.7 Å². The summed E-state index contributed by atoms with van der Waals surface area (Å²) in [4.78, 5) is 17.3. The molecule has 1 fully saturated rings. The first kappa shape index (κ1) is 20.5. The Morgan fingerprint density at radius 2 is 1.68 bits per heavy atom. The maximum Gasteiger partial charge on any atom is 0.227 e. The van der Waals surface area contributed by atoms with Gasteiger partial charge in [0.2, 0.25) is 5.91 Å². The lowest BCUT2D eigenvalue weighted by atomic mass is 9.99. The number of carbonyl (C=O) groups excluding carboxylic acids is 1. The lowest BCUT2D eigenvalue weighted by Crippen LogP contribution is -2.47. The number of halogens is 1. The average molecular weight is 383 g/mol. The molecule has 1 heterocycles. The molecule has 0 bridgehead atoms. The molecule has 0 spiro atoms. The predicted molar refractivity (Wildman–Crippen MR) is 113 cm³/mol. The number of amides is 1. The Hall–Kier alpha value is -2.20. The molecule has 2 aromatic carbocycles. The zero-order chi connectivity index (χ0) is 20.1. The molecule has 0 aliphatic carbocycles. The van der Waals surface area contributed by atoms with Crippen molar-refractivity contribution in [1.29, 1.82) is 0 Å². The van der Waals surface area contributed by atoms with Crippen LogP contribution in [-0.2, 0) is 11.3 Å². The summed E-state index contributed by atoms with van der Waals surface area (Å²) in [5.41, 5.74) is 3.42. The molecule has 1 saturated heterocycles. The summed E-state index contributed by atoms with van der Waals surface area (Å²) in [6.07, 6.45) is 2.39. The Kier molecular flexibility index (Phi) is 6.84. The van der Waals surface area contributed by atoms with Crippen molar-refractivity contribution in [1.82, 2.24) is 4.90 Å².